The molecule has 2 rings (SSSR count). The Hall–Kier alpha value is -2.70. The predicted octanol–water partition coefficient (Wildman–Crippen LogP) is 1.10. The van der Waals surface area contributed by atoms with Gasteiger partial charge in [-0.25, -0.2) is 4.68 Å². The van der Waals surface area contributed by atoms with Crippen molar-refractivity contribution < 1.29 is 14.7 Å². The minimum absolute atomic E-state index is 0.0720. The van der Waals surface area contributed by atoms with Crippen LogP contribution >= 0.6 is 0 Å². The molecule has 0 aliphatic carbocycles. The third kappa shape index (κ3) is 3.91. The van der Waals surface area contributed by atoms with Crippen LogP contribution in [0.4, 0.5) is 0 Å². The van der Waals surface area contributed by atoms with Crippen LogP contribution in [0.2, 0.25) is 0 Å². The molecule has 0 radical (unpaired) electrons. The van der Waals surface area contributed by atoms with Crippen LogP contribution < -0.4 is 5.32 Å². The maximum absolute atomic E-state index is 11.9. The Morgan fingerprint density at radius 1 is 1.32 bits per heavy atom. The smallest absolute Gasteiger partial charge is 0.305 e. The fourth-order valence-corrected chi connectivity index (χ4v) is 2.13. The molecule has 1 heterocycles. The molecule has 1 atom stereocenters. The van der Waals surface area contributed by atoms with E-state index in [4.69, 9.17) is 5.11 Å². The molecule has 116 valence electrons. The van der Waals surface area contributed by atoms with Gasteiger partial charge in [0.2, 0.25) is 5.91 Å². The van der Waals surface area contributed by atoms with E-state index in [1.807, 2.05) is 37.3 Å². The minimum atomic E-state index is -0.945. The summed E-state index contributed by atoms with van der Waals surface area (Å²) in [7, 11) is 0. The number of carboxylic acid groups (broad SMARTS) is 1. The quantitative estimate of drug-likeness (QED) is 0.832. The van der Waals surface area contributed by atoms with Crippen LogP contribution in [0.5, 0.6) is 0 Å². The molecule has 0 aliphatic heterocycles. The minimum Gasteiger partial charge on any atom is -0.481 e. The predicted molar refractivity (Wildman–Crippen MR) is 79.7 cm³/mol. The van der Waals surface area contributed by atoms with Gasteiger partial charge in [0.15, 0.2) is 0 Å². The fourth-order valence-electron chi connectivity index (χ4n) is 2.13. The molecule has 0 spiro atoms. The standard InChI is InChI=1S/C15H18N4O3/c1-10(8-15(21)22)16-14(20)9-13-11(2)19(18-17-13)12-6-4-3-5-7-12/h3-7,10H,8-9H2,1-2H3,(H,16,20)(H,21,22). The second-order valence-electron chi connectivity index (χ2n) is 5.11. The molecule has 22 heavy (non-hydrogen) atoms. The summed E-state index contributed by atoms with van der Waals surface area (Å²) in [6.45, 7) is 3.50. The van der Waals surface area contributed by atoms with Crippen molar-refractivity contribution in [3.05, 3.63) is 41.7 Å². The zero-order chi connectivity index (χ0) is 16.1. The van der Waals surface area contributed by atoms with Gasteiger partial charge in [-0.2, -0.15) is 0 Å². The number of benzene rings is 1. The average molecular weight is 302 g/mol. The zero-order valence-electron chi connectivity index (χ0n) is 12.5. The first kappa shape index (κ1) is 15.7. The van der Waals surface area contributed by atoms with Crippen molar-refractivity contribution in [2.75, 3.05) is 0 Å². The maximum atomic E-state index is 11.9. The molecule has 1 aromatic carbocycles. The Morgan fingerprint density at radius 3 is 2.64 bits per heavy atom. The number of hydrogen-bond acceptors (Lipinski definition) is 4. The highest BCUT2D eigenvalue weighted by Crippen LogP contribution is 2.12. The highest BCUT2D eigenvalue weighted by Gasteiger charge is 2.16. The first-order chi connectivity index (χ1) is 10.5. The first-order valence-electron chi connectivity index (χ1n) is 6.95. The van der Waals surface area contributed by atoms with Crippen LogP contribution in [0.1, 0.15) is 24.7 Å². The molecular weight excluding hydrogens is 284 g/mol. The van der Waals surface area contributed by atoms with Crippen molar-refractivity contribution in [2.45, 2.75) is 32.7 Å². The summed E-state index contributed by atoms with van der Waals surface area (Å²) in [5, 5.41) is 19.4. The monoisotopic (exact) mass is 302 g/mol. The number of carbonyl (C=O) groups excluding carboxylic acids is 1. The fraction of sp³-hybridized carbons (Fsp3) is 0.333. The van der Waals surface area contributed by atoms with Gasteiger partial charge < -0.3 is 10.4 Å². The number of hydrogen-bond donors (Lipinski definition) is 2. The Labute approximate surface area is 128 Å². The van der Waals surface area contributed by atoms with Crippen molar-refractivity contribution >= 4 is 11.9 Å². The largest absolute Gasteiger partial charge is 0.481 e. The first-order valence-corrected chi connectivity index (χ1v) is 6.95. The van der Waals surface area contributed by atoms with Gasteiger partial charge >= 0.3 is 5.97 Å². The molecule has 2 aromatic rings. The lowest BCUT2D eigenvalue weighted by atomic mass is 10.2. The van der Waals surface area contributed by atoms with Crippen LogP contribution in [-0.2, 0) is 16.0 Å². The van der Waals surface area contributed by atoms with E-state index >= 15 is 0 Å². The molecule has 1 aromatic heterocycles. The Kier molecular flexibility index (Phi) is 4.88. The molecule has 1 unspecified atom stereocenters. The highest BCUT2D eigenvalue weighted by atomic mass is 16.4. The molecule has 7 nitrogen and oxygen atoms in total. The molecule has 0 saturated carbocycles. The van der Waals surface area contributed by atoms with Crippen molar-refractivity contribution in [3.8, 4) is 5.69 Å². The van der Waals surface area contributed by atoms with Crippen LogP contribution in [0.3, 0.4) is 0 Å². The van der Waals surface area contributed by atoms with E-state index in [0.29, 0.717) is 5.69 Å². The van der Waals surface area contributed by atoms with Crippen LogP contribution in [0.15, 0.2) is 30.3 Å². The van der Waals surface area contributed by atoms with Gasteiger partial charge in [0.05, 0.1) is 29.9 Å². The summed E-state index contributed by atoms with van der Waals surface area (Å²) in [6, 6.07) is 9.09. The number of nitrogens with zero attached hydrogens (tertiary/aromatic N) is 3. The van der Waals surface area contributed by atoms with Crippen molar-refractivity contribution in [1.29, 1.82) is 0 Å². The van der Waals surface area contributed by atoms with Gasteiger partial charge in [-0.05, 0) is 26.0 Å². The molecule has 0 fully saturated rings. The second kappa shape index (κ2) is 6.84. The van der Waals surface area contributed by atoms with E-state index in [1.54, 1.807) is 11.6 Å². The Morgan fingerprint density at radius 2 is 2.00 bits per heavy atom. The molecule has 7 heteroatoms. The molecule has 0 saturated heterocycles. The molecule has 0 bridgehead atoms. The zero-order valence-corrected chi connectivity index (χ0v) is 12.5. The van der Waals surface area contributed by atoms with Crippen LogP contribution in [0.25, 0.3) is 5.69 Å². The number of para-hydroxylation sites is 1. The lowest BCUT2D eigenvalue weighted by molar-refractivity contribution is -0.137. The van der Waals surface area contributed by atoms with Gasteiger partial charge in [-0.1, -0.05) is 23.4 Å². The summed E-state index contributed by atoms with van der Waals surface area (Å²) in [4.78, 5) is 22.5. The van der Waals surface area contributed by atoms with E-state index in [-0.39, 0.29) is 18.7 Å². The molecule has 2 N–H and O–H groups in total. The lowest BCUT2D eigenvalue weighted by Gasteiger charge is -2.10. The maximum Gasteiger partial charge on any atom is 0.305 e. The summed E-state index contributed by atoms with van der Waals surface area (Å²) < 4.78 is 1.67. The van der Waals surface area contributed by atoms with E-state index in [9.17, 15) is 9.59 Å². The van der Waals surface area contributed by atoms with Gasteiger partial charge in [0.1, 0.15) is 0 Å². The van der Waals surface area contributed by atoms with E-state index in [2.05, 4.69) is 15.6 Å². The number of amides is 1. The summed E-state index contributed by atoms with van der Waals surface area (Å²) in [5.74, 6) is -1.21. The Bertz CT molecular complexity index is 667. The van der Waals surface area contributed by atoms with E-state index in [0.717, 1.165) is 11.4 Å². The number of nitrogens with one attached hydrogen (secondary N) is 1. The van der Waals surface area contributed by atoms with Crippen LogP contribution in [0, 0.1) is 6.92 Å². The number of aliphatic carboxylic acids is 1. The Balaban J connectivity index is 2.04. The number of carbonyl (C=O) groups is 2. The number of carboxylic acids is 1. The highest BCUT2D eigenvalue weighted by molar-refractivity contribution is 5.79. The lowest BCUT2D eigenvalue weighted by Crippen LogP contribution is -2.35. The second-order valence-corrected chi connectivity index (χ2v) is 5.11. The van der Waals surface area contributed by atoms with E-state index in [1.165, 1.54) is 0 Å². The third-order valence-corrected chi connectivity index (χ3v) is 3.21. The van der Waals surface area contributed by atoms with E-state index < -0.39 is 12.0 Å². The SMILES string of the molecule is Cc1c(CC(=O)NC(C)CC(=O)O)nnn1-c1ccccc1. The molecular formula is C15H18N4O3. The van der Waals surface area contributed by atoms with Crippen molar-refractivity contribution in [1.82, 2.24) is 20.3 Å². The average Bonchev–Trinajstić information content (AvgIpc) is 2.80. The van der Waals surface area contributed by atoms with Crippen molar-refractivity contribution in [2.24, 2.45) is 0 Å². The summed E-state index contributed by atoms with van der Waals surface area (Å²) >= 11 is 0. The van der Waals surface area contributed by atoms with Gasteiger partial charge in [-0.3, -0.25) is 9.59 Å². The topological polar surface area (TPSA) is 97.1 Å². The number of aromatic nitrogens is 3. The molecule has 0 aliphatic rings. The van der Waals surface area contributed by atoms with Crippen LogP contribution in [-0.4, -0.2) is 38.0 Å². The normalized spacial score (nSPS) is 11.9. The van der Waals surface area contributed by atoms with Gasteiger partial charge in [-0.15, -0.1) is 5.10 Å². The number of rotatable bonds is 6. The summed E-state index contributed by atoms with van der Waals surface area (Å²) in [6.07, 6.45) is -0.0376. The van der Waals surface area contributed by atoms with Gasteiger partial charge in [0, 0.05) is 6.04 Å². The summed E-state index contributed by atoms with van der Waals surface area (Å²) in [5.41, 5.74) is 2.23. The third-order valence-electron chi connectivity index (χ3n) is 3.21. The van der Waals surface area contributed by atoms with Gasteiger partial charge in [0.25, 0.3) is 0 Å². The molecule has 1 amide bonds. The van der Waals surface area contributed by atoms with Crippen molar-refractivity contribution in [3.63, 3.8) is 0 Å².